The lowest BCUT2D eigenvalue weighted by atomic mass is 9.98. The molecule has 3 heterocycles. The number of aromatic amines is 1. The van der Waals surface area contributed by atoms with E-state index in [1.807, 2.05) is 0 Å². The van der Waals surface area contributed by atoms with Crippen LogP contribution in [0, 0.1) is 22.6 Å². The molecule has 3 N–H and O–H groups in total. The molecule has 0 unspecified atom stereocenters. The average molecular weight is 380 g/mol. The molecule has 0 aliphatic heterocycles. The summed E-state index contributed by atoms with van der Waals surface area (Å²) in [6.45, 7) is 3.38. The number of rotatable bonds is 6. The van der Waals surface area contributed by atoms with Gasteiger partial charge in [0.15, 0.2) is 11.5 Å². The zero-order valence-electron chi connectivity index (χ0n) is 15.2. The minimum Gasteiger partial charge on any atom is -0.474 e. The maximum absolute atomic E-state index is 14.4. The highest BCUT2D eigenvalue weighted by atomic mass is 19.1. The fourth-order valence-corrected chi connectivity index (χ4v) is 2.30. The molecule has 0 atom stereocenters. The lowest BCUT2D eigenvalue weighted by molar-refractivity contribution is -0.113. The van der Waals surface area contributed by atoms with Gasteiger partial charge in [0.1, 0.15) is 12.1 Å². The zero-order valence-corrected chi connectivity index (χ0v) is 15.2. The van der Waals surface area contributed by atoms with Gasteiger partial charge < -0.3 is 15.5 Å². The summed E-state index contributed by atoms with van der Waals surface area (Å²) in [5.41, 5.74) is 6.80. The smallest absolute Gasteiger partial charge is 0.250 e. The normalized spacial score (nSPS) is 11.6. The van der Waals surface area contributed by atoms with Gasteiger partial charge in [0, 0.05) is 29.6 Å². The predicted octanol–water partition coefficient (Wildman–Crippen LogP) is 2.59. The number of hydrogen-bond acceptors (Lipinski definition) is 6. The number of nitrogens with zero attached hydrogens (tertiary/aromatic N) is 4. The number of H-pyrrole nitrogens is 1. The van der Waals surface area contributed by atoms with Crippen molar-refractivity contribution < 1.29 is 13.9 Å². The number of aromatic nitrogens is 4. The van der Waals surface area contributed by atoms with E-state index in [1.165, 1.54) is 30.6 Å². The SMILES string of the molecule is CC(C)(C#N)COc1ncc(-c2cnc3[nH]cc(C=CC(N)=O)c3n2)cc1F. The summed E-state index contributed by atoms with van der Waals surface area (Å²) in [5, 5.41) is 9.00. The van der Waals surface area contributed by atoms with E-state index in [-0.39, 0.29) is 12.5 Å². The van der Waals surface area contributed by atoms with E-state index in [1.54, 1.807) is 20.0 Å². The lowest BCUT2D eigenvalue weighted by Crippen LogP contribution is -2.19. The molecule has 3 aromatic heterocycles. The van der Waals surface area contributed by atoms with E-state index in [9.17, 15) is 9.18 Å². The van der Waals surface area contributed by atoms with Crippen molar-refractivity contribution in [1.82, 2.24) is 19.9 Å². The van der Waals surface area contributed by atoms with E-state index in [0.717, 1.165) is 0 Å². The summed E-state index contributed by atoms with van der Waals surface area (Å²) in [7, 11) is 0. The highest BCUT2D eigenvalue weighted by molar-refractivity contribution is 5.93. The quantitative estimate of drug-likeness (QED) is 0.632. The van der Waals surface area contributed by atoms with Gasteiger partial charge in [-0.3, -0.25) is 4.79 Å². The molecule has 3 rings (SSSR count). The number of nitriles is 1. The molecule has 1 amide bonds. The summed E-state index contributed by atoms with van der Waals surface area (Å²) < 4.78 is 19.7. The Morgan fingerprint density at radius 1 is 1.43 bits per heavy atom. The molecule has 28 heavy (non-hydrogen) atoms. The van der Waals surface area contributed by atoms with Crippen molar-refractivity contribution in [1.29, 1.82) is 5.26 Å². The van der Waals surface area contributed by atoms with Gasteiger partial charge in [-0.05, 0) is 26.0 Å². The molecule has 0 saturated carbocycles. The average Bonchev–Trinajstić information content (AvgIpc) is 3.07. The van der Waals surface area contributed by atoms with Gasteiger partial charge in [0.2, 0.25) is 11.8 Å². The summed E-state index contributed by atoms with van der Waals surface area (Å²) in [6.07, 6.45) is 7.27. The van der Waals surface area contributed by atoms with Crippen LogP contribution in [0.15, 0.2) is 30.7 Å². The summed E-state index contributed by atoms with van der Waals surface area (Å²) in [5.74, 6) is -1.44. The molecule has 0 radical (unpaired) electrons. The first-order valence-corrected chi connectivity index (χ1v) is 8.31. The van der Waals surface area contributed by atoms with Gasteiger partial charge in [-0.25, -0.2) is 19.3 Å². The first-order valence-electron chi connectivity index (χ1n) is 8.31. The predicted molar refractivity (Wildman–Crippen MR) is 100 cm³/mol. The lowest BCUT2D eigenvalue weighted by Gasteiger charge is -2.15. The topological polar surface area (TPSA) is 131 Å². The van der Waals surface area contributed by atoms with Gasteiger partial charge >= 0.3 is 0 Å². The molecule has 0 saturated heterocycles. The highest BCUT2D eigenvalue weighted by Gasteiger charge is 2.19. The summed E-state index contributed by atoms with van der Waals surface area (Å²) in [4.78, 5) is 26.6. The van der Waals surface area contributed by atoms with E-state index in [2.05, 4.69) is 26.0 Å². The van der Waals surface area contributed by atoms with Gasteiger partial charge in [-0.1, -0.05) is 0 Å². The molecular weight excluding hydrogens is 363 g/mol. The van der Waals surface area contributed by atoms with Crippen LogP contribution in [0.3, 0.4) is 0 Å². The Morgan fingerprint density at radius 3 is 2.89 bits per heavy atom. The number of fused-ring (bicyclic) bond motifs is 1. The summed E-state index contributed by atoms with van der Waals surface area (Å²) in [6, 6.07) is 3.31. The number of nitrogens with two attached hydrogens (primary N) is 1. The van der Waals surface area contributed by atoms with Crippen LogP contribution in [0.5, 0.6) is 5.88 Å². The number of hydrogen-bond donors (Lipinski definition) is 2. The second kappa shape index (κ2) is 7.44. The van der Waals surface area contributed by atoms with Crippen LogP contribution in [0.25, 0.3) is 28.5 Å². The standard InChI is InChI=1S/C19H17FN6O2/c1-19(2,9-21)10-28-18-13(20)5-12(7-25-18)14-8-24-17-16(26-14)11(6-23-17)3-4-15(22)27/h3-8H,10H2,1-2H3,(H2,22,27)(H,23,24). The first-order chi connectivity index (χ1) is 13.3. The maximum Gasteiger partial charge on any atom is 0.250 e. The Morgan fingerprint density at radius 2 is 2.21 bits per heavy atom. The third kappa shape index (κ3) is 4.12. The van der Waals surface area contributed by atoms with Crippen LogP contribution in [-0.4, -0.2) is 32.4 Å². The van der Waals surface area contributed by atoms with Crippen LogP contribution >= 0.6 is 0 Å². The van der Waals surface area contributed by atoms with Crippen molar-refractivity contribution >= 4 is 23.1 Å². The Labute approximate surface area is 159 Å². The molecule has 0 aromatic carbocycles. The van der Waals surface area contributed by atoms with E-state index in [4.69, 9.17) is 15.7 Å². The van der Waals surface area contributed by atoms with Crippen molar-refractivity contribution in [2.24, 2.45) is 11.1 Å². The molecule has 0 aliphatic carbocycles. The minimum absolute atomic E-state index is 0.0113. The van der Waals surface area contributed by atoms with E-state index >= 15 is 0 Å². The van der Waals surface area contributed by atoms with Crippen molar-refractivity contribution in [3.05, 3.63) is 42.1 Å². The fraction of sp³-hybridized carbons (Fsp3) is 0.211. The number of ether oxygens (including phenoxy) is 1. The Bertz CT molecular complexity index is 1110. The largest absolute Gasteiger partial charge is 0.474 e. The third-order valence-corrected chi connectivity index (χ3v) is 3.81. The van der Waals surface area contributed by atoms with Crippen LogP contribution in [-0.2, 0) is 4.79 Å². The van der Waals surface area contributed by atoms with Crippen molar-refractivity contribution in [3.63, 3.8) is 0 Å². The van der Waals surface area contributed by atoms with Crippen molar-refractivity contribution in [2.45, 2.75) is 13.8 Å². The van der Waals surface area contributed by atoms with Crippen molar-refractivity contribution in [2.75, 3.05) is 6.61 Å². The van der Waals surface area contributed by atoms with Gasteiger partial charge in [0.25, 0.3) is 0 Å². The Kier molecular flexibility index (Phi) is 5.04. The van der Waals surface area contributed by atoms with E-state index in [0.29, 0.717) is 28.0 Å². The monoisotopic (exact) mass is 380 g/mol. The number of halogens is 1. The highest BCUT2D eigenvalue weighted by Crippen LogP contribution is 2.25. The maximum atomic E-state index is 14.4. The zero-order chi connectivity index (χ0) is 20.3. The number of pyridine rings is 1. The van der Waals surface area contributed by atoms with Crippen LogP contribution in [0.1, 0.15) is 19.4 Å². The second-order valence-electron chi connectivity index (χ2n) is 6.73. The van der Waals surface area contributed by atoms with Crippen LogP contribution in [0.2, 0.25) is 0 Å². The number of primary amides is 1. The molecule has 9 heteroatoms. The summed E-state index contributed by atoms with van der Waals surface area (Å²) >= 11 is 0. The molecule has 8 nitrogen and oxygen atoms in total. The molecule has 0 fully saturated rings. The number of carbonyl (C=O) groups excluding carboxylic acids is 1. The van der Waals surface area contributed by atoms with Crippen LogP contribution < -0.4 is 10.5 Å². The number of amides is 1. The second-order valence-corrected chi connectivity index (χ2v) is 6.73. The minimum atomic E-state index is -0.758. The third-order valence-electron chi connectivity index (χ3n) is 3.81. The molecule has 142 valence electrons. The molecular formula is C19H17FN6O2. The Hall–Kier alpha value is -3.80. The van der Waals surface area contributed by atoms with Gasteiger partial charge in [0.05, 0.1) is 23.4 Å². The van der Waals surface area contributed by atoms with Crippen LogP contribution in [0.4, 0.5) is 4.39 Å². The Balaban J connectivity index is 1.90. The molecule has 0 spiro atoms. The van der Waals surface area contributed by atoms with E-state index < -0.39 is 17.1 Å². The van der Waals surface area contributed by atoms with Gasteiger partial charge in [-0.2, -0.15) is 5.26 Å². The number of nitrogens with one attached hydrogen (secondary N) is 1. The number of carbonyl (C=O) groups is 1. The van der Waals surface area contributed by atoms with Gasteiger partial charge in [-0.15, -0.1) is 0 Å². The molecule has 0 aliphatic rings. The molecule has 0 bridgehead atoms. The molecule has 3 aromatic rings. The van der Waals surface area contributed by atoms with Crippen molar-refractivity contribution in [3.8, 4) is 23.2 Å². The first kappa shape index (κ1) is 19.0. The fourth-order valence-electron chi connectivity index (χ4n) is 2.30.